The number of rotatable bonds is 5. The zero-order valence-corrected chi connectivity index (χ0v) is 14.8. The molecule has 0 unspecified atom stereocenters. The molecule has 1 nitrogen and oxygen atoms in total. The van der Waals surface area contributed by atoms with Gasteiger partial charge in [-0.3, -0.25) is 4.90 Å². The molecule has 21 heavy (non-hydrogen) atoms. The van der Waals surface area contributed by atoms with Crippen molar-refractivity contribution in [2.45, 2.75) is 102 Å². The molecule has 0 aromatic heterocycles. The highest BCUT2D eigenvalue weighted by atomic mass is 32.1. The van der Waals surface area contributed by atoms with Crippen LogP contribution in [-0.2, 0) is 0 Å². The molecule has 0 N–H and O–H groups in total. The van der Waals surface area contributed by atoms with Gasteiger partial charge in [0.2, 0.25) is 0 Å². The normalized spacial score (nSPS) is 28.3. The van der Waals surface area contributed by atoms with E-state index in [0.29, 0.717) is 5.41 Å². The van der Waals surface area contributed by atoms with Crippen molar-refractivity contribution >= 4 is 12.6 Å². The van der Waals surface area contributed by atoms with Crippen molar-refractivity contribution in [3.8, 4) is 0 Å². The zero-order chi connectivity index (χ0) is 14.5. The Morgan fingerprint density at radius 1 is 0.714 bits per heavy atom. The summed E-state index contributed by atoms with van der Waals surface area (Å²) in [4.78, 5) is 3.01. The molecule has 0 amide bonds. The van der Waals surface area contributed by atoms with Gasteiger partial charge in [-0.15, -0.1) is 0 Å². The highest BCUT2D eigenvalue weighted by molar-refractivity contribution is 7.80. The summed E-state index contributed by atoms with van der Waals surface area (Å²) in [5, 5.41) is 0. The third kappa shape index (κ3) is 3.99. The molecule has 0 heterocycles. The van der Waals surface area contributed by atoms with Crippen LogP contribution in [0.2, 0.25) is 0 Å². The first-order valence-electron chi connectivity index (χ1n) is 9.70. The van der Waals surface area contributed by atoms with Gasteiger partial charge in [-0.1, -0.05) is 51.4 Å². The zero-order valence-electron chi connectivity index (χ0n) is 13.9. The van der Waals surface area contributed by atoms with E-state index in [1.54, 1.807) is 0 Å². The molecule has 0 aromatic rings. The van der Waals surface area contributed by atoms with E-state index < -0.39 is 0 Å². The summed E-state index contributed by atoms with van der Waals surface area (Å²) in [6.45, 7) is 1.37. The molecule has 3 aliphatic carbocycles. The van der Waals surface area contributed by atoms with Gasteiger partial charge in [0.1, 0.15) is 0 Å². The van der Waals surface area contributed by atoms with Crippen LogP contribution in [0.3, 0.4) is 0 Å². The van der Waals surface area contributed by atoms with Crippen LogP contribution < -0.4 is 0 Å². The predicted molar refractivity (Wildman–Crippen MR) is 95.2 cm³/mol. The van der Waals surface area contributed by atoms with E-state index in [9.17, 15) is 0 Å². The van der Waals surface area contributed by atoms with Gasteiger partial charge in [-0.2, -0.15) is 12.6 Å². The minimum atomic E-state index is 0.554. The molecule has 3 rings (SSSR count). The molecule has 0 saturated heterocycles. The van der Waals surface area contributed by atoms with Crippen LogP contribution in [0.25, 0.3) is 0 Å². The maximum absolute atomic E-state index is 4.78. The lowest BCUT2D eigenvalue weighted by Crippen LogP contribution is -2.50. The lowest BCUT2D eigenvalue weighted by Gasteiger charge is -2.46. The summed E-state index contributed by atoms with van der Waals surface area (Å²) < 4.78 is 0. The molecule has 0 atom stereocenters. The van der Waals surface area contributed by atoms with Gasteiger partial charge in [0.15, 0.2) is 0 Å². The van der Waals surface area contributed by atoms with E-state index in [-0.39, 0.29) is 0 Å². The fourth-order valence-corrected chi connectivity index (χ4v) is 5.68. The highest BCUT2D eigenvalue weighted by Gasteiger charge is 2.38. The van der Waals surface area contributed by atoms with E-state index >= 15 is 0 Å². The summed E-state index contributed by atoms with van der Waals surface area (Å²) in [5.41, 5.74) is 0.554. The summed E-state index contributed by atoms with van der Waals surface area (Å²) >= 11 is 4.78. The SMILES string of the molecule is SCC1(CN(C2CCCCC2)C2CCCCC2)CCCC1. The molecule has 0 aromatic carbocycles. The van der Waals surface area contributed by atoms with Gasteiger partial charge in [0, 0.05) is 18.6 Å². The van der Waals surface area contributed by atoms with Crippen LogP contribution in [0.4, 0.5) is 0 Å². The second-order valence-corrected chi connectivity index (χ2v) is 8.44. The average molecular weight is 310 g/mol. The summed E-state index contributed by atoms with van der Waals surface area (Å²) in [7, 11) is 0. The quantitative estimate of drug-likeness (QED) is 0.661. The fraction of sp³-hybridized carbons (Fsp3) is 1.00. The van der Waals surface area contributed by atoms with E-state index in [4.69, 9.17) is 12.6 Å². The summed E-state index contributed by atoms with van der Waals surface area (Å²) in [6.07, 6.45) is 20.5. The maximum atomic E-state index is 4.78. The minimum Gasteiger partial charge on any atom is -0.297 e. The van der Waals surface area contributed by atoms with E-state index in [1.807, 2.05) is 0 Å². The molecule has 3 fully saturated rings. The Morgan fingerprint density at radius 3 is 1.62 bits per heavy atom. The maximum Gasteiger partial charge on any atom is 0.00984 e. The molecule has 0 bridgehead atoms. The lowest BCUT2D eigenvalue weighted by molar-refractivity contribution is 0.0419. The Bertz CT molecular complexity index is 281. The minimum absolute atomic E-state index is 0.554. The van der Waals surface area contributed by atoms with Gasteiger partial charge in [0.05, 0.1) is 0 Å². The van der Waals surface area contributed by atoms with Crippen molar-refractivity contribution in [1.29, 1.82) is 0 Å². The van der Waals surface area contributed by atoms with Crippen molar-refractivity contribution < 1.29 is 0 Å². The predicted octanol–water partition coefficient (Wildman–Crippen LogP) is 5.44. The molecule has 122 valence electrons. The summed E-state index contributed by atoms with van der Waals surface area (Å²) in [5.74, 6) is 1.11. The van der Waals surface area contributed by atoms with Crippen molar-refractivity contribution in [3.63, 3.8) is 0 Å². The van der Waals surface area contributed by atoms with Crippen LogP contribution in [0.5, 0.6) is 0 Å². The van der Waals surface area contributed by atoms with Crippen molar-refractivity contribution in [1.82, 2.24) is 4.90 Å². The summed E-state index contributed by atoms with van der Waals surface area (Å²) in [6, 6.07) is 1.80. The molecule has 3 aliphatic rings. The molecule has 2 heteroatoms. The smallest absolute Gasteiger partial charge is 0.00984 e. The van der Waals surface area contributed by atoms with Gasteiger partial charge < -0.3 is 0 Å². The van der Waals surface area contributed by atoms with E-state index in [1.165, 1.54) is 96.4 Å². The first-order chi connectivity index (χ1) is 10.3. The van der Waals surface area contributed by atoms with Crippen LogP contribution in [0, 0.1) is 5.41 Å². The van der Waals surface area contributed by atoms with E-state index in [2.05, 4.69) is 4.90 Å². The second-order valence-electron chi connectivity index (χ2n) is 8.12. The van der Waals surface area contributed by atoms with Crippen LogP contribution in [-0.4, -0.2) is 29.3 Å². The Morgan fingerprint density at radius 2 is 1.19 bits per heavy atom. The highest BCUT2D eigenvalue weighted by Crippen LogP contribution is 2.42. The number of thiol groups is 1. The third-order valence-corrected chi connectivity index (χ3v) is 7.28. The first-order valence-corrected chi connectivity index (χ1v) is 10.3. The van der Waals surface area contributed by atoms with Gasteiger partial charge in [-0.05, 0) is 49.7 Å². The third-order valence-electron chi connectivity index (χ3n) is 6.61. The topological polar surface area (TPSA) is 3.24 Å². The number of nitrogens with zero attached hydrogens (tertiary/aromatic N) is 1. The Kier molecular flexibility index (Phi) is 5.95. The van der Waals surface area contributed by atoms with Crippen molar-refractivity contribution in [2.24, 2.45) is 5.41 Å². The second kappa shape index (κ2) is 7.73. The largest absolute Gasteiger partial charge is 0.297 e. The molecule has 0 aliphatic heterocycles. The van der Waals surface area contributed by atoms with E-state index in [0.717, 1.165) is 17.8 Å². The van der Waals surface area contributed by atoms with Gasteiger partial charge in [-0.25, -0.2) is 0 Å². The standard InChI is InChI=1S/C19H35NS/c21-16-19(13-7-8-14-19)15-20(17-9-3-1-4-10-17)18-11-5-2-6-12-18/h17-18,21H,1-16H2. The lowest BCUT2D eigenvalue weighted by atomic mass is 9.83. The Hall–Kier alpha value is 0.310. The van der Waals surface area contributed by atoms with Crippen molar-refractivity contribution in [2.75, 3.05) is 12.3 Å². The van der Waals surface area contributed by atoms with Crippen molar-refractivity contribution in [3.05, 3.63) is 0 Å². The monoisotopic (exact) mass is 309 g/mol. The van der Waals surface area contributed by atoms with Gasteiger partial charge >= 0.3 is 0 Å². The first kappa shape index (κ1) is 16.2. The van der Waals surface area contributed by atoms with Gasteiger partial charge in [0.25, 0.3) is 0 Å². The number of hydrogen-bond acceptors (Lipinski definition) is 2. The number of hydrogen-bond donors (Lipinski definition) is 1. The Balaban J connectivity index is 1.70. The molecule has 0 spiro atoms. The Labute approximate surface area is 137 Å². The van der Waals surface area contributed by atoms with Crippen LogP contribution >= 0.6 is 12.6 Å². The van der Waals surface area contributed by atoms with Crippen LogP contribution in [0.15, 0.2) is 0 Å². The molecular weight excluding hydrogens is 274 g/mol. The molecule has 0 radical (unpaired) electrons. The fourth-order valence-electron chi connectivity index (χ4n) is 5.26. The molecule has 3 saturated carbocycles. The average Bonchev–Trinajstić information content (AvgIpc) is 3.04. The van der Waals surface area contributed by atoms with Crippen LogP contribution in [0.1, 0.15) is 89.9 Å². The molecular formula is C19H35NS.